The molecule has 0 radical (unpaired) electrons. The molecule has 0 spiro atoms. The van der Waals surface area contributed by atoms with Crippen LogP contribution in [0, 0.1) is 13.7 Å². The minimum absolute atomic E-state index is 0.0636. The van der Waals surface area contributed by atoms with Crippen LogP contribution < -0.4 is 5.48 Å². The highest BCUT2D eigenvalue weighted by Gasteiger charge is 2.12. The van der Waals surface area contributed by atoms with Gasteiger partial charge in [-0.15, -0.1) is 10.2 Å². The standard InChI is InChI=1S/C20H13IN4O5/c21-18-7-2-1-6-17(18)20(27)30-24-15-10-8-14(9-11-15)22-23-19(26)13-4-3-5-16(12-13)25(28)29/h1-12,24H. The molecule has 0 aliphatic rings. The molecule has 0 aliphatic heterocycles. The van der Waals surface area contributed by atoms with Crippen LogP contribution in [-0.4, -0.2) is 16.8 Å². The number of non-ortho nitro benzene ring substituents is 1. The SMILES string of the molecule is O=C(N=Nc1ccc(NOC(=O)c2ccccc2I)cc1)c1cccc([N+](=O)[O-])c1. The van der Waals surface area contributed by atoms with Crippen molar-refractivity contribution in [3.05, 3.63) is 97.6 Å². The Morgan fingerprint density at radius 2 is 1.73 bits per heavy atom. The van der Waals surface area contributed by atoms with Crippen molar-refractivity contribution in [2.75, 3.05) is 5.48 Å². The minimum Gasteiger partial charge on any atom is -0.338 e. The van der Waals surface area contributed by atoms with Crippen LogP contribution in [0.3, 0.4) is 0 Å². The van der Waals surface area contributed by atoms with E-state index in [0.717, 1.165) is 9.64 Å². The molecule has 0 saturated carbocycles. The molecule has 1 amide bonds. The Morgan fingerprint density at radius 1 is 1.00 bits per heavy atom. The van der Waals surface area contributed by atoms with Crippen LogP contribution in [0.1, 0.15) is 20.7 Å². The van der Waals surface area contributed by atoms with Crippen molar-refractivity contribution < 1.29 is 19.3 Å². The smallest absolute Gasteiger partial charge is 0.338 e. The lowest BCUT2D eigenvalue weighted by Gasteiger charge is -2.07. The zero-order valence-electron chi connectivity index (χ0n) is 15.2. The molecule has 3 aromatic carbocycles. The lowest BCUT2D eigenvalue weighted by Crippen LogP contribution is -2.11. The molecule has 0 heterocycles. The van der Waals surface area contributed by atoms with E-state index in [2.05, 4.69) is 15.7 Å². The zero-order chi connectivity index (χ0) is 21.5. The number of halogens is 1. The third kappa shape index (κ3) is 5.44. The fourth-order valence-electron chi connectivity index (χ4n) is 2.30. The van der Waals surface area contributed by atoms with Crippen molar-refractivity contribution in [2.45, 2.75) is 0 Å². The Bertz CT molecular complexity index is 1130. The third-order valence-corrected chi connectivity index (χ3v) is 4.72. The second-order valence-corrected chi connectivity index (χ2v) is 6.99. The van der Waals surface area contributed by atoms with Crippen LogP contribution in [0.2, 0.25) is 0 Å². The number of carbonyl (C=O) groups excluding carboxylic acids is 2. The van der Waals surface area contributed by atoms with Crippen LogP contribution in [0.4, 0.5) is 17.1 Å². The van der Waals surface area contributed by atoms with E-state index in [0.29, 0.717) is 16.9 Å². The number of nitro groups is 1. The van der Waals surface area contributed by atoms with Gasteiger partial charge in [0.25, 0.3) is 11.6 Å². The van der Waals surface area contributed by atoms with E-state index >= 15 is 0 Å². The fraction of sp³-hybridized carbons (Fsp3) is 0. The maximum absolute atomic E-state index is 12.1. The number of hydrogen-bond donors (Lipinski definition) is 1. The molecular formula is C20H13IN4O5. The van der Waals surface area contributed by atoms with E-state index < -0.39 is 16.8 Å². The highest BCUT2D eigenvalue weighted by molar-refractivity contribution is 14.1. The van der Waals surface area contributed by atoms with Crippen LogP contribution in [0.15, 0.2) is 83.0 Å². The Kier molecular flexibility index (Phi) is 6.80. The maximum atomic E-state index is 12.1. The third-order valence-electron chi connectivity index (χ3n) is 3.78. The first-order chi connectivity index (χ1) is 14.4. The van der Waals surface area contributed by atoms with Gasteiger partial charge in [0.05, 0.1) is 27.4 Å². The zero-order valence-corrected chi connectivity index (χ0v) is 17.3. The fourth-order valence-corrected chi connectivity index (χ4v) is 2.90. The first kappa shape index (κ1) is 21.0. The molecule has 1 N–H and O–H groups in total. The molecule has 3 aromatic rings. The first-order valence-electron chi connectivity index (χ1n) is 8.46. The van der Waals surface area contributed by atoms with Crippen molar-refractivity contribution in [3.63, 3.8) is 0 Å². The second-order valence-electron chi connectivity index (χ2n) is 5.83. The lowest BCUT2D eigenvalue weighted by molar-refractivity contribution is -0.384. The molecule has 10 heteroatoms. The summed E-state index contributed by atoms with van der Waals surface area (Å²) in [6.07, 6.45) is 0. The van der Waals surface area contributed by atoms with E-state index in [1.807, 2.05) is 28.7 Å². The highest BCUT2D eigenvalue weighted by Crippen LogP contribution is 2.19. The highest BCUT2D eigenvalue weighted by atomic mass is 127. The quantitative estimate of drug-likeness (QED) is 0.205. The first-order valence-corrected chi connectivity index (χ1v) is 9.54. The number of rotatable bonds is 6. The number of nitrogens with one attached hydrogen (secondary N) is 1. The summed E-state index contributed by atoms with van der Waals surface area (Å²) in [5.41, 5.74) is 3.73. The van der Waals surface area contributed by atoms with Gasteiger partial charge >= 0.3 is 5.97 Å². The van der Waals surface area contributed by atoms with Crippen LogP contribution in [-0.2, 0) is 4.84 Å². The minimum atomic E-state index is -0.702. The van der Waals surface area contributed by atoms with E-state index in [1.165, 1.54) is 18.2 Å². The predicted molar refractivity (Wildman–Crippen MR) is 117 cm³/mol. The monoisotopic (exact) mass is 516 g/mol. The summed E-state index contributed by atoms with van der Waals surface area (Å²) in [6.45, 7) is 0. The second kappa shape index (κ2) is 9.69. The van der Waals surface area contributed by atoms with E-state index in [4.69, 9.17) is 4.84 Å². The van der Waals surface area contributed by atoms with Crippen molar-refractivity contribution >= 4 is 51.5 Å². The Morgan fingerprint density at radius 3 is 2.43 bits per heavy atom. The van der Waals surface area contributed by atoms with Crippen molar-refractivity contribution in [1.82, 2.24) is 0 Å². The van der Waals surface area contributed by atoms with Crippen LogP contribution in [0.25, 0.3) is 0 Å². The van der Waals surface area contributed by atoms with Gasteiger partial charge in [-0.25, -0.2) is 10.3 Å². The van der Waals surface area contributed by atoms with Crippen LogP contribution in [0.5, 0.6) is 0 Å². The van der Waals surface area contributed by atoms with Gasteiger partial charge in [0.2, 0.25) is 0 Å². The number of nitrogens with zero attached hydrogens (tertiary/aromatic N) is 3. The van der Waals surface area contributed by atoms with Gasteiger partial charge in [0, 0.05) is 15.7 Å². The molecular weight excluding hydrogens is 503 g/mol. The number of amides is 1. The van der Waals surface area contributed by atoms with E-state index in [1.54, 1.807) is 42.5 Å². The summed E-state index contributed by atoms with van der Waals surface area (Å²) in [5, 5.41) is 18.2. The molecule has 9 nitrogen and oxygen atoms in total. The summed E-state index contributed by atoms with van der Waals surface area (Å²) in [4.78, 5) is 39.4. The van der Waals surface area contributed by atoms with Gasteiger partial charge in [0.15, 0.2) is 0 Å². The van der Waals surface area contributed by atoms with Gasteiger partial charge in [-0.1, -0.05) is 18.2 Å². The number of anilines is 1. The largest absolute Gasteiger partial charge is 0.363 e. The van der Waals surface area contributed by atoms with Crippen molar-refractivity contribution in [3.8, 4) is 0 Å². The molecule has 3 rings (SSSR count). The molecule has 30 heavy (non-hydrogen) atoms. The number of hydrogen-bond acceptors (Lipinski definition) is 7. The van der Waals surface area contributed by atoms with Gasteiger partial charge in [0.1, 0.15) is 0 Å². The summed E-state index contributed by atoms with van der Waals surface area (Å²) < 4.78 is 0.770. The van der Waals surface area contributed by atoms with Crippen molar-refractivity contribution in [2.24, 2.45) is 10.2 Å². The van der Waals surface area contributed by atoms with Crippen LogP contribution >= 0.6 is 22.6 Å². The van der Waals surface area contributed by atoms with Crippen molar-refractivity contribution in [1.29, 1.82) is 0 Å². The molecule has 0 fully saturated rings. The topological polar surface area (TPSA) is 123 Å². The summed E-state index contributed by atoms with van der Waals surface area (Å²) >= 11 is 2.05. The van der Waals surface area contributed by atoms with Gasteiger partial charge in [-0.2, -0.15) is 0 Å². The molecule has 150 valence electrons. The molecule has 0 saturated heterocycles. The molecule has 0 unspecified atom stereocenters. The van der Waals surface area contributed by atoms with E-state index in [-0.39, 0.29) is 11.3 Å². The molecule has 0 atom stereocenters. The number of benzene rings is 3. The number of carbonyl (C=O) groups is 2. The number of nitro benzene ring substituents is 1. The van der Waals surface area contributed by atoms with Gasteiger partial charge in [-0.05, 0) is 65.1 Å². The summed E-state index contributed by atoms with van der Waals surface area (Å²) in [5.74, 6) is -1.22. The molecule has 0 aromatic heterocycles. The Labute approximate surface area is 184 Å². The lowest BCUT2D eigenvalue weighted by atomic mass is 10.2. The Balaban J connectivity index is 1.59. The number of azo groups is 1. The van der Waals surface area contributed by atoms with E-state index in [9.17, 15) is 19.7 Å². The van der Waals surface area contributed by atoms with Gasteiger partial charge < -0.3 is 4.84 Å². The van der Waals surface area contributed by atoms with Gasteiger partial charge in [-0.3, -0.25) is 14.9 Å². The molecule has 0 bridgehead atoms. The molecule has 0 aliphatic carbocycles. The summed E-state index contributed by atoms with van der Waals surface area (Å²) in [6, 6.07) is 18.6. The predicted octanol–water partition coefficient (Wildman–Crippen LogP) is 5.31. The Hall–Kier alpha value is -3.67. The summed E-state index contributed by atoms with van der Waals surface area (Å²) in [7, 11) is 0. The maximum Gasteiger partial charge on any atom is 0.363 e. The average molecular weight is 516 g/mol. The average Bonchev–Trinajstić information content (AvgIpc) is 2.77. The normalized spacial score (nSPS) is 10.6.